The van der Waals surface area contributed by atoms with E-state index < -0.39 is 0 Å². The molecule has 0 N–H and O–H groups in total. The SMILES string of the molecule is CCCCc1ccc2c(n1)COC2=O. The van der Waals surface area contributed by atoms with Gasteiger partial charge < -0.3 is 4.74 Å². The molecule has 1 aliphatic rings. The van der Waals surface area contributed by atoms with Gasteiger partial charge in [0.15, 0.2) is 0 Å². The summed E-state index contributed by atoms with van der Waals surface area (Å²) in [5, 5.41) is 0. The fourth-order valence-electron chi connectivity index (χ4n) is 1.55. The third kappa shape index (κ3) is 1.62. The van der Waals surface area contributed by atoms with Gasteiger partial charge in [-0.25, -0.2) is 4.79 Å². The monoisotopic (exact) mass is 191 g/mol. The van der Waals surface area contributed by atoms with Gasteiger partial charge in [0.25, 0.3) is 0 Å². The molecular weight excluding hydrogens is 178 g/mol. The van der Waals surface area contributed by atoms with Crippen LogP contribution < -0.4 is 0 Å². The highest BCUT2D eigenvalue weighted by Crippen LogP contribution is 2.18. The van der Waals surface area contributed by atoms with Crippen molar-refractivity contribution in [2.75, 3.05) is 0 Å². The molecule has 2 rings (SSSR count). The van der Waals surface area contributed by atoms with Crippen molar-refractivity contribution in [3.63, 3.8) is 0 Å². The van der Waals surface area contributed by atoms with Crippen molar-refractivity contribution in [3.05, 3.63) is 29.1 Å². The number of aryl methyl sites for hydroxylation is 1. The standard InChI is InChI=1S/C11H13NO2/c1-2-3-4-8-5-6-9-10(12-8)7-14-11(9)13/h5-6H,2-4,7H2,1H3. The van der Waals surface area contributed by atoms with E-state index in [4.69, 9.17) is 4.74 Å². The molecule has 3 heteroatoms. The highest BCUT2D eigenvalue weighted by Gasteiger charge is 2.22. The van der Waals surface area contributed by atoms with Crippen LogP contribution in [0.15, 0.2) is 12.1 Å². The summed E-state index contributed by atoms with van der Waals surface area (Å²) in [6.45, 7) is 2.49. The summed E-state index contributed by atoms with van der Waals surface area (Å²) in [6, 6.07) is 3.74. The second-order valence-electron chi connectivity index (χ2n) is 3.48. The van der Waals surface area contributed by atoms with Gasteiger partial charge in [0, 0.05) is 5.69 Å². The molecule has 1 aromatic heterocycles. The number of carbonyl (C=O) groups excluding carboxylic acids is 1. The van der Waals surface area contributed by atoms with Gasteiger partial charge in [-0.1, -0.05) is 13.3 Å². The normalized spacial score (nSPS) is 13.9. The molecule has 0 radical (unpaired) electrons. The number of cyclic esters (lactones) is 1. The van der Waals surface area contributed by atoms with E-state index in [1.807, 2.05) is 12.1 Å². The first-order chi connectivity index (χ1) is 6.81. The first-order valence-corrected chi connectivity index (χ1v) is 4.97. The molecule has 0 spiro atoms. The van der Waals surface area contributed by atoms with Crippen LogP contribution in [0.2, 0.25) is 0 Å². The molecule has 0 bridgehead atoms. The van der Waals surface area contributed by atoms with Gasteiger partial charge in [-0.3, -0.25) is 4.98 Å². The van der Waals surface area contributed by atoms with E-state index in [0.717, 1.165) is 30.7 Å². The van der Waals surface area contributed by atoms with Crippen molar-refractivity contribution in [3.8, 4) is 0 Å². The Labute approximate surface area is 83.1 Å². The minimum Gasteiger partial charge on any atom is -0.456 e. The number of fused-ring (bicyclic) bond motifs is 1. The Bertz CT molecular complexity index is 360. The van der Waals surface area contributed by atoms with Crippen molar-refractivity contribution in [2.24, 2.45) is 0 Å². The molecule has 0 amide bonds. The van der Waals surface area contributed by atoms with Gasteiger partial charge in [0.05, 0.1) is 11.3 Å². The number of carbonyl (C=O) groups is 1. The smallest absolute Gasteiger partial charge is 0.340 e. The van der Waals surface area contributed by atoms with Gasteiger partial charge in [0.2, 0.25) is 0 Å². The summed E-state index contributed by atoms with van der Waals surface area (Å²) in [5.74, 6) is -0.241. The lowest BCUT2D eigenvalue weighted by Crippen LogP contribution is -1.97. The largest absolute Gasteiger partial charge is 0.456 e. The minimum atomic E-state index is -0.241. The molecule has 0 aliphatic carbocycles. The molecule has 1 aliphatic heterocycles. The maximum absolute atomic E-state index is 11.1. The number of hydrogen-bond acceptors (Lipinski definition) is 3. The summed E-state index contributed by atoms with van der Waals surface area (Å²) >= 11 is 0. The van der Waals surface area contributed by atoms with E-state index in [0.29, 0.717) is 12.2 Å². The predicted octanol–water partition coefficient (Wildman–Crippen LogP) is 2.09. The topological polar surface area (TPSA) is 39.2 Å². The Hall–Kier alpha value is -1.38. The first kappa shape index (κ1) is 9.19. The summed E-state index contributed by atoms with van der Waals surface area (Å²) in [5.41, 5.74) is 2.48. The molecule has 14 heavy (non-hydrogen) atoms. The van der Waals surface area contributed by atoms with Crippen LogP contribution in [0.4, 0.5) is 0 Å². The third-order valence-electron chi connectivity index (χ3n) is 2.38. The van der Waals surface area contributed by atoms with Crippen LogP contribution in [-0.2, 0) is 17.8 Å². The van der Waals surface area contributed by atoms with Crippen LogP contribution in [0.5, 0.6) is 0 Å². The summed E-state index contributed by atoms with van der Waals surface area (Å²) in [7, 11) is 0. The van der Waals surface area contributed by atoms with E-state index in [2.05, 4.69) is 11.9 Å². The number of nitrogens with zero attached hydrogens (tertiary/aromatic N) is 1. The zero-order chi connectivity index (χ0) is 9.97. The Balaban J connectivity index is 2.19. The van der Waals surface area contributed by atoms with Crippen molar-refractivity contribution in [2.45, 2.75) is 32.8 Å². The first-order valence-electron chi connectivity index (χ1n) is 4.97. The molecule has 0 saturated heterocycles. The zero-order valence-electron chi connectivity index (χ0n) is 8.25. The molecule has 0 atom stereocenters. The van der Waals surface area contributed by atoms with E-state index in [9.17, 15) is 4.79 Å². The quantitative estimate of drug-likeness (QED) is 0.687. The van der Waals surface area contributed by atoms with Gasteiger partial charge in [-0.05, 0) is 25.0 Å². The van der Waals surface area contributed by atoms with Crippen LogP contribution in [0.1, 0.15) is 41.5 Å². The van der Waals surface area contributed by atoms with Crippen molar-refractivity contribution in [1.29, 1.82) is 0 Å². The molecule has 3 nitrogen and oxygen atoms in total. The lowest BCUT2D eigenvalue weighted by molar-refractivity contribution is 0.0533. The summed E-state index contributed by atoms with van der Waals surface area (Å²) < 4.78 is 4.88. The fourth-order valence-corrected chi connectivity index (χ4v) is 1.55. The van der Waals surface area contributed by atoms with Gasteiger partial charge in [0.1, 0.15) is 6.61 Å². The molecule has 2 heterocycles. The average Bonchev–Trinajstić information content (AvgIpc) is 2.57. The number of pyridine rings is 1. The number of unbranched alkanes of at least 4 members (excludes halogenated alkanes) is 1. The number of ether oxygens (including phenoxy) is 1. The van der Waals surface area contributed by atoms with Crippen molar-refractivity contribution < 1.29 is 9.53 Å². The summed E-state index contributed by atoms with van der Waals surface area (Å²) in [4.78, 5) is 15.5. The Morgan fingerprint density at radius 1 is 1.50 bits per heavy atom. The average molecular weight is 191 g/mol. The minimum absolute atomic E-state index is 0.241. The second-order valence-corrected chi connectivity index (χ2v) is 3.48. The fraction of sp³-hybridized carbons (Fsp3) is 0.455. The molecule has 0 unspecified atom stereocenters. The molecule has 1 aromatic rings. The van der Waals surface area contributed by atoms with Gasteiger partial charge in [-0.2, -0.15) is 0 Å². The third-order valence-corrected chi connectivity index (χ3v) is 2.38. The Morgan fingerprint density at radius 2 is 2.36 bits per heavy atom. The van der Waals surface area contributed by atoms with Crippen LogP contribution in [0, 0.1) is 0 Å². The Morgan fingerprint density at radius 3 is 3.14 bits per heavy atom. The second kappa shape index (κ2) is 3.78. The highest BCUT2D eigenvalue weighted by molar-refractivity contribution is 5.92. The maximum atomic E-state index is 11.1. The molecule has 0 aromatic carbocycles. The van der Waals surface area contributed by atoms with Crippen LogP contribution in [0.25, 0.3) is 0 Å². The van der Waals surface area contributed by atoms with Crippen LogP contribution >= 0.6 is 0 Å². The van der Waals surface area contributed by atoms with E-state index in [-0.39, 0.29) is 5.97 Å². The molecule has 0 fully saturated rings. The van der Waals surface area contributed by atoms with Gasteiger partial charge >= 0.3 is 5.97 Å². The number of rotatable bonds is 3. The van der Waals surface area contributed by atoms with Crippen molar-refractivity contribution >= 4 is 5.97 Å². The van der Waals surface area contributed by atoms with Crippen LogP contribution in [0.3, 0.4) is 0 Å². The number of hydrogen-bond donors (Lipinski definition) is 0. The van der Waals surface area contributed by atoms with E-state index >= 15 is 0 Å². The number of esters is 1. The van der Waals surface area contributed by atoms with Gasteiger partial charge in [-0.15, -0.1) is 0 Å². The Kier molecular flexibility index (Phi) is 2.48. The van der Waals surface area contributed by atoms with E-state index in [1.54, 1.807) is 0 Å². The van der Waals surface area contributed by atoms with Crippen molar-refractivity contribution in [1.82, 2.24) is 4.98 Å². The van der Waals surface area contributed by atoms with E-state index in [1.165, 1.54) is 0 Å². The summed E-state index contributed by atoms with van der Waals surface area (Å²) in [6.07, 6.45) is 3.28. The molecule has 0 saturated carbocycles. The van der Waals surface area contributed by atoms with Crippen LogP contribution in [-0.4, -0.2) is 11.0 Å². The predicted molar refractivity (Wildman–Crippen MR) is 52.0 cm³/mol. The maximum Gasteiger partial charge on any atom is 0.340 e. The highest BCUT2D eigenvalue weighted by atomic mass is 16.5. The number of aromatic nitrogens is 1. The zero-order valence-corrected chi connectivity index (χ0v) is 8.25. The molecule has 74 valence electrons. The lowest BCUT2D eigenvalue weighted by atomic mass is 10.1. The lowest BCUT2D eigenvalue weighted by Gasteiger charge is -2.00. The molecular formula is C11H13NO2.